The van der Waals surface area contributed by atoms with Crippen molar-refractivity contribution in [1.82, 2.24) is 14.6 Å². The standard InChI is InChI=1S/C17H18F2N4O/c1-11-6-16-17(20-4-5-23(16)22-11)21-9-13(10-24)7-12-2-3-14(18)15(19)8-12/h2-6,8,13,24H,7,9-10H2,1H3,(H,20,21)/t13-/m0/s1. The summed E-state index contributed by atoms with van der Waals surface area (Å²) in [6.45, 7) is 2.27. The molecule has 0 spiro atoms. The molecule has 1 aromatic carbocycles. The van der Waals surface area contributed by atoms with Gasteiger partial charge in [0.2, 0.25) is 0 Å². The van der Waals surface area contributed by atoms with Crippen LogP contribution in [0.15, 0.2) is 36.7 Å². The molecule has 5 nitrogen and oxygen atoms in total. The molecule has 2 heterocycles. The third kappa shape index (κ3) is 3.51. The van der Waals surface area contributed by atoms with Gasteiger partial charge in [-0.2, -0.15) is 5.10 Å². The zero-order chi connectivity index (χ0) is 17.1. The molecule has 0 saturated heterocycles. The van der Waals surface area contributed by atoms with Crippen molar-refractivity contribution in [2.45, 2.75) is 13.3 Å². The first-order valence-corrected chi connectivity index (χ1v) is 7.66. The summed E-state index contributed by atoms with van der Waals surface area (Å²) in [5.41, 5.74) is 2.37. The highest BCUT2D eigenvalue weighted by molar-refractivity contribution is 5.67. The predicted octanol–water partition coefficient (Wildman–Crippen LogP) is 2.58. The summed E-state index contributed by atoms with van der Waals surface area (Å²) >= 11 is 0. The van der Waals surface area contributed by atoms with Crippen molar-refractivity contribution in [3.63, 3.8) is 0 Å². The number of anilines is 1. The number of nitrogens with zero attached hydrogens (tertiary/aromatic N) is 3. The lowest BCUT2D eigenvalue weighted by Gasteiger charge is -2.16. The van der Waals surface area contributed by atoms with E-state index in [2.05, 4.69) is 15.4 Å². The van der Waals surface area contributed by atoms with E-state index < -0.39 is 11.6 Å². The summed E-state index contributed by atoms with van der Waals surface area (Å²) < 4.78 is 28.0. The molecular formula is C17H18F2N4O. The summed E-state index contributed by atoms with van der Waals surface area (Å²) in [5, 5.41) is 17.1. The number of fused-ring (bicyclic) bond motifs is 1. The average molecular weight is 332 g/mol. The van der Waals surface area contributed by atoms with E-state index in [-0.39, 0.29) is 12.5 Å². The van der Waals surface area contributed by atoms with Crippen molar-refractivity contribution in [2.24, 2.45) is 5.92 Å². The number of rotatable bonds is 6. The number of aryl methyl sites for hydroxylation is 1. The van der Waals surface area contributed by atoms with Crippen LogP contribution in [0.5, 0.6) is 0 Å². The first kappa shape index (κ1) is 16.3. The lowest BCUT2D eigenvalue weighted by molar-refractivity contribution is 0.232. The smallest absolute Gasteiger partial charge is 0.159 e. The third-order valence-electron chi connectivity index (χ3n) is 3.84. The number of nitrogens with one attached hydrogen (secondary N) is 1. The Balaban J connectivity index is 1.70. The fourth-order valence-electron chi connectivity index (χ4n) is 2.62. The molecule has 3 aromatic rings. The van der Waals surface area contributed by atoms with Gasteiger partial charge in [-0.3, -0.25) is 0 Å². The van der Waals surface area contributed by atoms with Crippen LogP contribution in [0.4, 0.5) is 14.6 Å². The second-order valence-corrected chi connectivity index (χ2v) is 5.77. The van der Waals surface area contributed by atoms with Crippen molar-refractivity contribution in [2.75, 3.05) is 18.5 Å². The Labute approximate surface area is 138 Å². The lowest BCUT2D eigenvalue weighted by Crippen LogP contribution is -2.21. The van der Waals surface area contributed by atoms with Crippen LogP contribution < -0.4 is 5.32 Å². The lowest BCUT2D eigenvalue weighted by atomic mass is 10.00. The van der Waals surface area contributed by atoms with Crippen LogP contribution in [0.2, 0.25) is 0 Å². The zero-order valence-corrected chi connectivity index (χ0v) is 13.2. The summed E-state index contributed by atoms with van der Waals surface area (Å²) in [4.78, 5) is 4.30. The minimum absolute atomic E-state index is 0.0760. The van der Waals surface area contributed by atoms with Gasteiger partial charge in [0.15, 0.2) is 17.5 Å². The molecule has 0 aliphatic rings. The Hall–Kier alpha value is -2.54. The molecule has 2 aromatic heterocycles. The molecular weight excluding hydrogens is 314 g/mol. The van der Waals surface area contributed by atoms with Gasteiger partial charge >= 0.3 is 0 Å². The SMILES string of the molecule is Cc1cc2c(NC[C@@H](CO)Cc3ccc(F)c(F)c3)nccn2n1. The molecule has 0 fully saturated rings. The van der Waals surface area contributed by atoms with E-state index in [9.17, 15) is 13.9 Å². The minimum atomic E-state index is -0.877. The van der Waals surface area contributed by atoms with Crippen LogP contribution in [0.25, 0.3) is 5.52 Å². The fraction of sp³-hybridized carbons (Fsp3) is 0.294. The Bertz CT molecular complexity index is 850. The van der Waals surface area contributed by atoms with E-state index in [1.54, 1.807) is 16.9 Å². The van der Waals surface area contributed by atoms with E-state index in [4.69, 9.17) is 0 Å². The summed E-state index contributed by atoms with van der Waals surface area (Å²) in [5.74, 6) is -1.23. The van der Waals surface area contributed by atoms with Crippen molar-refractivity contribution >= 4 is 11.3 Å². The average Bonchev–Trinajstić information content (AvgIpc) is 2.95. The number of hydrogen-bond acceptors (Lipinski definition) is 4. The van der Waals surface area contributed by atoms with Gasteiger partial charge in [-0.05, 0) is 37.1 Å². The fourth-order valence-corrected chi connectivity index (χ4v) is 2.62. The number of aliphatic hydroxyl groups excluding tert-OH is 1. The largest absolute Gasteiger partial charge is 0.396 e. The zero-order valence-electron chi connectivity index (χ0n) is 13.2. The molecule has 2 N–H and O–H groups in total. The molecule has 7 heteroatoms. The topological polar surface area (TPSA) is 62.5 Å². The molecule has 0 unspecified atom stereocenters. The van der Waals surface area contributed by atoms with Crippen LogP contribution in [0.3, 0.4) is 0 Å². The van der Waals surface area contributed by atoms with E-state index in [1.165, 1.54) is 6.07 Å². The van der Waals surface area contributed by atoms with Gasteiger partial charge in [-0.25, -0.2) is 18.3 Å². The predicted molar refractivity (Wildman–Crippen MR) is 86.9 cm³/mol. The third-order valence-corrected chi connectivity index (χ3v) is 3.84. The molecule has 0 aliphatic heterocycles. The summed E-state index contributed by atoms with van der Waals surface area (Å²) in [7, 11) is 0. The molecule has 126 valence electrons. The number of benzene rings is 1. The Morgan fingerprint density at radius 3 is 2.83 bits per heavy atom. The molecule has 3 rings (SSSR count). The van der Waals surface area contributed by atoms with E-state index in [1.807, 2.05) is 13.0 Å². The van der Waals surface area contributed by atoms with E-state index in [0.717, 1.165) is 23.3 Å². The molecule has 0 radical (unpaired) electrons. The molecule has 0 bridgehead atoms. The van der Waals surface area contributed by atoms with E-state index in [0.29, 0.717) is 24.3 Å². The van der Waals surface area contributed by atoms with Crippen molar-refractivity contribution < 1.29 is 13.9 Å². The summed E-state index contributed by atoms with van der Waals surface area (Å²) in [6, 6.07) is 5.71. The Kier molecular flexibility index (Phi) is 4.71. The second kappa shape index (κ2) is 6.92. The Morgan fingerprint density at radius 2 is 2.08 bits per heavy atom. The van der Waals surface area contributed by atoms with Crippen molar-refractivity contribution in [3.05, 3.63) is 59.6 Å². The van der Waals surface area contributed by atoms with Gasteiger partial charge in [0.25, 0.3) is 0 Å². The maximum atomic E-state index is 13.3. The van der Waals surface area contributed by atoms with Crippen LogP contribution in [-0.4, -0.2) is 32.9 Å². The van der Waals surface area contributed by atoms with Crippen molar-refractivity contribution in [3.8, 4) is 0 Å². The van der Waals surface area contributed by atoms with Gasteiger partial charge in [0, 0.05) is 31.5 Å². The van der Waals surface area contributed by atoms with Crippen LogP contribution >= 0.6 is 0 Å². The minimum Gasteiger partial charge on any atom is -0.396 e. The van der Waals surface area contributed by atoms with Gasteiger partial charge in [0.05, 0.1) is 5.69 Å². The quantitative estimate of drug-likeness (QED) is 0.728. The number of hydrogen-bond donors (Lipinski definition) is 2. The van der Waals surface area contributed by atoms with Crippen LogP contribution in [0.1, 0.15) is 11.3 Å². The number of aliphatic hydroxyl groups is 1. The monoisotopic (exact) mass is 332 g/mol. The molecule has 24 heavy (non-hydrogen) atoms. The van der Waals surface area contributed by atoms with Crippen LogP contribution in [0, 0.1) is 24.5 Å². The molecule has 1 atom stereocenters. The van der Waals surface area contributed by atoms with Gasteiger partial charge in [-0.15, -0.1) is 0 Å². The highest BCUT2D eigenvalue weighted by Gasteiger charge is 2.12. The van der Waals surface area contributed by atoms with Gasteiger partial charge in [0.1, 0.15) is 5.52 Å². The summed E-state index contributed by atoms with van der Waals surface area (Å²) in [6.07, 6.45) is 3.84. The molecule has 0 saturated carbocycles. The first-order chi connectivity index (χ1) is 11.6. The number of aromatic nitrogens is 3. The van der Waals surface area contributed by atoms with E-state index >= 15 is 0 Å². The number of halogens is 2. The van der Waals surface area contributed by atoms with Gasteiger partial charge < -0.3 is 10.4 Å². The van der Waals surface area contributed by atoms with Crippen LogP contribution in [-0.2, 0) is 6.42 Å². The van der Waals surface area contributed by atoms with Gasteiger partial charge in [-0.1, -0.05) is 6.07 Å². The maximum Gasteiger partial charge on any atom is 0.159 e. The maximum absolute atomic E-state index is 13.3. The Morgan fingerprint density at radius 1 is 1.25 bits per heavy atom. The normalized spacial score (nSPS) is 12.5. The second-order valence-electron chi connectivity index (χ2n) is 5.77. The molecule has 0 aliphatic carbocycles. The highest BCUT2D eigenvalue weighted by Crippen LogP contribution is 2.17. The van der Waals surface area contributed by atoms with Crippen molar-refractivity contribution in [1.29, 1.82) is 0 Å². The first-order valence-electron chi connectivity index (χ1n) is 7.66. The molecule has 0 amide bonds. The highest BCUT2D eigenvalue weighted by atomic mass is 19.2.